The lowest BCUT2D eigenvalue weighted by Gasteiger charge is -2.35. The lowest BCUT2D eigenvalue weighted by molar-refractivity contribution is -0.140. The summed E-state index contributed by atoms with van der Waals surface area (Å²) in [6, 6.07) is 28.2. The van der Waals surface area contributed by atoms with E-state index in [1.165, 1.54) is 17.0 Å². The van der Waals surface area contributed by atoms with Gasteiger partial charge >= 0.3 is 0 Å². The third-order valence-corrected chi connectivity index (χ3v) is 9.87. The molecule has 0 aliphatic carbocycles. The second-order valence-corrected chi connectivity index (χ2v) is 15.1. The first-order valence-electron chi connectivity index (χ1n) is 15.2. The molecule has 0 bridgehead atoms. The quantitative estimate of drug-likeness (QED) is 0.156. The van der Waals surface area contributed by atoms with Gasteiger partial charge < -0.3 is 15.0 Å². The van der Waals surface area contributed by atoms with E-state index < -0.39 is 34.1 Å². The number of rotatable bonds is 13. The molecule has 4 aromatic rings. The van der Waals surface area contributed by atoms with E-state index in [9.17, 15) is 18.0 Å². The molecule has 0 saturated carbocycles. The van der Waals surface area contributed by atoms with Gasteiger partial charge in [-0.1, -0.05) is 76.1 Å². The van der Waals surface area contributed by atoms with Crippen molar-refractivity contribution in [1.82, 2.24) is 10.2 Å². The van der Waals surface area contributed by atoms with Gasteiger partial charge in [0.1, 0.15) is 18.3 Å². The Labute approximate surface area is 290 Å². The summed E-state index contributed by atoms with van der Waals surface area (Å²) in [6.07, 6.45) is 0.196. The third-order valence-electron chi connectivity index (χ3n) is 7.18. The maximum atomic E-state index is 14.6. The van der Waals surface area contributed by atoms with Gasteiger partial charge in [0.2, 0.25) is 11.8 Å². The minimum absolute atomic E-state index is 0.00588. The van der Waals surface area contributed by atoms with Crippen LogP contribution < -0.4 is 14.4 Å². The van der Waals surface area contributed by atoms with Gasteiger partial charge in [0.15, 0.2) is 0 Å². The zero-order chi connectivity index (χ0) is 34.2. The summed E-state index contributed by atoms with van der Waals surface area (Å²) in [6.45, 7) is 7.28. The van der Waals surface area contributed by atoms with Crippen molar-refractivity contribution >= 4 is 55.1 Å². The summed E-state index contributed by atoms with van der Waals surface area (Å²) in [7, 11) is -4.24. The van der Waals surface area contributed by atoms with Crippen LogP contribution in [0.5, 0.6) is 5.75 Å². The van der Waals surface area contributed by atoms with Gasteiger partial charge in [0, 0.05) is 28.0 Å². The number of halogens is 2. The average Bonchev–Trinajstić information content (AvgIpc) is 3.02. The van der Waals surface area contributed by atoms with E-state index >= 15 is 0 Å². The highest BCUT2D eigenvalue weighted by molar-refractivity contribution is 9.10. The van der Waals surface area contributed by atoms with Crippen molar-refractivity contribution in [2.45, 2.75) is 57.1 Å². The largest absolute Gasteiger partial charge is 0.494 e. The lowest BCUT2D eigenvalue weighted by Crippen LogP contribution is -2.56. The molecule has 0 aliphatic rings. The van der Waals surface area contributed by atoms with Crippen LogP contribution in [0.4, 0.5) is 5.69 Å². The highest BCUT2D eigenvalue weighted by Crippen LogP contribution is 2.28. The van der Waals surface area contributed by atoms with Crippen molar-refractivity contribution in [2.75, 3.05) is 17.5 Å². The van der Waals surface area contributed by atoms with Gasteiger partial charge in [-0.2, -0.15) is 0 Å². The van der Waals surface area contributed by atoms with Gasteiger partial charge in [-0.05, 0) is 93.4 Å². The number of anilines is 1. The number of sulfonamides is 1. The second kappa shape index (κ2) is 15.8. The number of amides is 2. The van der Waals surface area contributed by atoms with Crippen LogP contribution in [-0.4, -0.2) is 49.9 Å². The predicted molar refractivity (Wildman–Crippen MR) is 190 cm³/mol. The number of ether oxygens (including phenoxy) is 1. The summed E-state index contributed by atoms with van der Waals surface area (Å²) in [4.78, 5) is 30.0. The van der Waals surface area contributed by atoms with Crippen LogP contribution in [-0.2, 0) is 32.6 Å². The fraction of sp³-hybridized carbons (Fsp3) is 0.278. The Hall–Kier alpha value is -3.86. The number of carbonyl (C=O) groups is 2. The van der Waals surface area contributed by atoms with Crippen LogP contribution in [0.2, 0.25) is 5.02 Å². The second-order valence-electron chi connectivity index (χ2n) is 12.0. The Kier molecular flexibility index (Phi) is 12.1. The average molecular weight is 741 g/mol. The highest BCUT2D eigenvalue weighted by atomic mass is 79.9. The van der Waals surface area contributed by atoms with Crippen LogP contribution >= 0.6 is 27.5 Å². The highest BCUT2D eigenvalue weighted by Gasteiger charge is 2.36. The number of hydrogen-bond acceptors (Lipinski definition) is 5. The molecule has 0 aromatic heterocycles. The zero-order valence-corrected chi connectivity index (χ0v) is 30.0. The Balaban J connectivity index is 1.82. The number of benzene rings is 4. The van der Waals surface area contributed by atoms with Crippen molar-refractivity contribution in [3.8, 4) is 5.75 Å². The standard InChI is InChI=1S/C36H39BrClN3O5S/c1-5-46-30-19-17-29(18-20-30)41(47(44,45)31-21-15-28(37)16-22-31)25-34(42)40(24-27-13-9-10-14-32(27)38)33(35(43)39-36(2,3)4)23-26-11-7-6-8-12-26/h6-22,33H,5,23-25H2,1-4H3,(H,39,43)/t33-/m1/s1. The van der Waals surface area contributed by atoms with E-state index in [1.807, 2.05) is 58.0 Å². The normalized spacial score (nSPS) is 12.2. The number of nitrogens with zero attached hydrogens (tertiary/aromatic N) is 2. The van der Waals surface area contributed by atoms with Crippen molar-refractivity contribution in [1.29, 1.82) is 0 Å². The molecule has 47 heavy (non-hydrogen) atoms. The molecule has 4 rings (SSSR count). The molecule has 2 amide bonds. The topological polar surface area (TPSA) is 96.0 Å². The third kappa shape index (κ3) is 9.82. The van der Waals surface area contributed by atoms with Crippen molar-refractivity contribution < 1.29 is 22.7 Å². The molecular formula is C36H39BrClN3O5S. The first-order chi connectivity index (χ1) is 22.3. The smallest absolute Gasteiger partial charge is 0.264 e. The minimum Gasteiger partial charge on any atom is -0.494 e. The molecular weight excluding hydrogens is 702 g/mol. The van der Waals surface area contributed by atoms with Gasteiger partial charge in [-0.15, -0.1) is 0 Å². The van der Waals surface area contributed by atoms with E-state index in [0.717, 1.165) is 9.87 Å². The molecule has 0 aliphatic heterocycles. The molecule has 0 heterocycles. The molecule has 248 valence electrons. The summed E-state index contributed by atoms with van der Waals surface area (Å²) in [5, 5.41) is 3.45. The maximum absolute atomic E-state index is 14.6. The van der Waals surface area contributed by atoms with E-state index in [1.54, 1.807) is 60.7 Å². The number of nitrogens with one attached hydrogen (secondary N) is 1. The Bertz CT molecular complexity index is 1760. The molecule has 0 saturated heterocycles. The van der Waals surface area contributed by atoms with Crippen molar-refractivity contribution in [2.24, 2.45) is 0 Å². The lowest BCUT2D eigenvalue weighted by atomic mass is 10.0. The fourth-order valence-electron chi connectivity index (χ4n) is 4.95. The van der Waals surface area contributed by atoms with Crippen molar-refractivity contribution in [3.05, 3.63) is 124 Å². The molecule has 1 atom stereocenters. The molecule has 4 aromatic carbocycles. The molecule has 0 fully saturated rings. The van der Waals surface area contributed by atoms with Crippen molar-refractivity contribution in [3.63, 3.8) is 0 Å². The number of hydrogen-bond donors (Lipinski definition) is 1. The minimum atomic E-state index is -4.24. The zero-order valence-electron chi connectivity index (χ0n) is 26.8. The summed E-state index contributed by atoms with van der Waals surface area (Å²) >= 11 is 9.93. The van der Waals surface area contributed by atoms with Gasteiger partial charge in [0.05, 0.1) is 17.2 Å². The van der Waals surface area contributed by atoms with Crippen LogP contribution in [0, 0.1) is 0 Å². The van der Waals surface area contributed by atoms with Gasteiger partial charge in [-0.3, -0.25) is 13.9 Å². The molecule has 8 nitrogen and oxygen atoms in total. The van der Waals surface area contributed by atoms with Crippen LogP contribution in [0.25, 0.3) is 0 Å². The van der Waals surface area contributed by atoms with E-state index in [4.69, 9.17) is 16.3 Å². The first kappa shape index (κ1) is 36.0. The molecule has 0 radical (unpaired) electrons. The van der Waals surface area contributed by atoms with E-state index in [-0.39, 0.29) is 29.5 Å². The molecule has 0 unspecified atom stereocenters. The Morgan fingerprint density at radius 2 is 1.51 bits per heavy atom. The predicted octanol–water partition coefficient (Wildman–Crippen LogP) is 7.25. The monoisotopic (exact) mass is 739 g/mol. The summed E-state index contributed by atoms with van der Waals surface area (Å²) < 4.78 is 35.8. The molecule has 1 N–H and O–H groups in total. The fourth-order valence-corrected chi connectivity index (χ4v) is 6.83. The summed E-state index contributed by atoms with van der Waals surface area (Å²) in [5.41, 5.74) is 1.13. The van der Waals surface area contributed by atoms with E-state index in [2.05, 4.69) is 21.2 Å². The van der Waals surface area contributed by atoms with Gasteiger partial charge in [0.25, 0.3) is 10.0 Å². The maximum Gasteiger partial charge on any atom is 0.264 e. The van der Waals surface area contributed by atoms with Crippen LogP contribution in [0.1, 0.15) is 38.8 Å². The van der Waals surface area contributed by atoms with Crippen LogP contribution in [0.3, 0.4) is 0 Å². The molecule has 11 heteroatoms. The number of carbonyl (C=O) groups excluding carboxylic acids is 2. The van der Waals surface area contributed by atoms with Crippen LogP contribution in [0.15, 0.2) is 112 Å². The van der Waals surface area contributed by atoms with Gasteiger partial charge in [-0.25, -0.2) is 8.42 Å². The first-order valence-corrected chi connectivity index (χ1v) is 17.8. The SMILES string of the molecule is CCOc1ccc(N(CC(=O)N(Cc2ccccc2Cl)[C@H](Cc2ccccc2)C(=O)NC(C)(C)C)S(=O)(=O)c2ccc(Br)cc2)cc1. The Morgan fingerprint density at radius 3 is 2.11 bits per heavy atom. The van der Waals surface area contributed by atoms with E-state index in [0.29, 0.717) is 27.4 Å². The molecule has 0 spiro atoms. The Morgan fingerprint density at radius 1 is 0.894 bits per heavy atom. The summed E-state index contributed by atoms with van der Waals surface area (Å²) in [5.74, 6) is -0.389.